The topological polar surface area (TPSA) is 70.7 Å². The van der Waals surface area contributed by atoms with Crippen molar-refractivity contribution >= 4 is 11.8 Å². The maximum absolute atomic E-state index is 12.6. The highest BCUT2D eigenvalue weighted by atomic mass is 19.4. The number of ether oxygens (including phenoxy) is 1. The number of alkyl halides is 3. The number of rotatable bonds is 7. The van der Waals surface area contributed by atoms with Crippen molar-refractivity contribution in [2.75, 3.05) is 32.8 Å². The number of piperidine rings is 1. The number of nitrogens with one attached hydrogen (secondary N) is 2. The highest BCUT2D eigenvalue weighted by Gasteiger charge is 2.59. The number of carbonyl (C=O) groups excluding carboxylic acids is 2. The van der Waals surface area contributed by atoms with Crippen molar-refractivity contribution in [3.05, 3.63) is 36.1 Å². The lowest BCUT2D eigenvalue weighted by molar-refractivity contribution is -0.127. The largest absolute Gasteiger partial charge is 0.415 e. The van der Waals surface area contributed by atoms with Gasteiger partial charge in [0.05, 0.1) is 12.1 Å². The highest BCUT2D eigenvalue weighted by molar-refractivity contribution is 5.88. The van der Waals surface area contributed by atoms with Crippen LogP contribution in [0, 0.1) is 17.8 Å². The molecule has 2 atom stereocenters. The van der Waals surface area contributed by atoms with Gasteiger partial charge in [-0.25, -0.2) is 0 Å². The Bertz CT molecular complexity index is 730. The van der Waals surface area contributed by atoms with Crippen LogP contribution >= 0.6 is 0 Å². The Morgan fingerprint density at radius 2 is 1.83 bits per heavy atom. The van der Waals surface area contributed by atoms with E-state index in [0.29, 0.717) is 17.9 Å². The van der Waals surface area contributed by atoms with Gasteiger partial charge in [0.2, 0.25) is 11.8 Å². The summed E-state index contributed by atoms with van der Waals surface area (Å²) in [5, 5.41) is 4.99. The Balaban J connectivity index is 1.42. The van der Waals surface area contributed by atoms with Gasteiger partial charge in [-0.1, -0.05) is 12.7 Å². The van der Waals surface area contributed by atoms with E-state index in [-0.39, 0.29) is 24.1 Å². The minimum Gasteiger partial charge on any atom is -0.381 e. The van der Waals surface area contributed by atoms with Crippen LogP contribution in [0.25, 0.3) is 0 Å². The summed E-state index contributed by atoms with van der Waals surface area (Å²) in [5.74, 6) is -0.182. The van der Waals surface area contributed by atoms with Crippen molar-refractivity contribution in [3.8, 4) is 0 Å². The van der Waals surface area contributed by atoms with E-state index in [1.165, 1.54) is 12.2 Å². The summed E-state index contributed by atoms with van der Waals surface area (Å²) >= 11 is 0. The molecular weight excluding hydrogens is 399 g/mol. The lowest BCUT2D eigenvalue weighted by atomic mass is 10.1. The third-order valence-corrected chi connectivity index (χ3v) is 5.98. The van der Waals surface area contributed by atoms with Crippen LogP contribution in [0.5, 0.6) is 0 Å². The number of amides is 2. The average molecular weight is 427 g/mol. The molecule has 3 fully saturated rings. The molecular formula is C21H28F3N3O3. The van der Waals surface area contributed by atoms with E-state index in [2.05, 4.69) is 22.1 Å². The maximum Gasteiger partial charge on any atom is 0.415 e. The highest BCUT2D eigenvalue weighted by Crippen LogP contribution is 2.52. The molecule has 1 saturated carbocycles. The van der Waals surface area contributed by atoms with Gasteiger partial charge in [0, 0.05) is 44.0 Å². The molecule has 2 heterocycles. The first-order chi connectivity index (χ1) is 14.2. The fourth-order valence-corrected chi connectivity index (χ4v) is 4.36. The fourth-order valence-electron chi connectivity index (χ4n) is 4.36. The first kappa shape index (κ1) is 22.6. The van der Waals surface area contributed by atoms with Gasteiger partial charge in [-0.3, -0.25) is 14.5 Å². The predicted octanol–water partition coefficient (Wildman–Crippen LogP) is 2.15. The van der Waals surface area contributed by atoms with Gasteiger partial charge >= 0.3 is 6.18 Å². The molecule has 0 bridgehead atoms. The fraction of sp³-hybridized carbons (Fsp3) is 0.619. The van der Waals surface area contributed by atoms with E-state index in [4.69, 9.17) is 4.74 Å². The molecule has 9 heteroatoms. The molecule has 2 N–H and O–H groups in total. The summed E-state index contributed by atoms with van der Waals surface area (Å²) in [5.41, 5.74) is -1.10. The Kier molecular flexibility index (Phi) is 7.02. The van der Waals surface area contributed by atoms with Gasteiger partial charge in [0.1, 0.15) is 0 Å². The second kappa shape index (κ2) is 9.34. The number of nitrogens with zero attached hydrogens (tertiary/aromatic N) is 1. The van der Waals surface area contributed by atoms with Gasteiger partial charge in [-0.05, 0) is 43.8 Å². The minimum atomic E-state index is -4.58. The number of halogens is 3. The van der Waals surface area contributed by atoms with Crippen LogP contribution in [0.2, 0.25) is 0 Å². The first-order valence-corrected chi connectivity index (χ1v) is 10.2. The molecule has 2 unspecified atom stereocenters. The van der Waals surface area contributed by atoms with Gasteiger partial charge < -0.3 is 15.4 Å². The average Bonchev–Trinajstić information content (AvgIpc) is 3.19. The third kappa shape index (κ3) is 5.51. The SMILES string of the molecule is C=C(/C=C(\C=C/C)NC(=O)CNC(=O)C1C2CN(C3CCOCC3)CC21)C(F)(F)F. The Morgan fingerprint density at radius 3 is 2.40 bits per heavy atom. The quantitative estimate of drug-likeness (QED) is 0.611. The van der Waals surface area contributed by atoms with Crippen molar-refractivity contribution < 1.29 is 27.5 Å². The second-order valence-electron chi connectivity index (χ2n) is 8.04. The zero-order valence-electron chi connectivity index (χ0n) is 17.0. The minimum absolute atomic E-state index is 0.0329. The number of fused-ring (bicyclic) bond motifs is 1. The van der Waals surface area contributed by atoms with Crippen LogP contribution < -0.4 is 10.6 Å². The number of hydrogen-bond acceptors (Lipinski definition) is 4. The van der Waals surface area contributed by atoms with Crippen molar-refractivity contribution in [2.24, 2.45) is 17.8 Å². The van der Waals surface area contributed by atoms with Crippen molar-refractivity contribution in [1.82, 2.24) is 15.5 Å². The standard InChI is InChI=1S/C21H28F3N3O3/c1-3-4-14(9-13(2)21(22,23)24)26-18(28)10-25-20(29)19-16-11-27(12-17(16)19)15-5-7-30-8-6-15/h3-4,9,15-17,19H,2,5-8,10-12H2,1H3,(H,25,29)(H,26,28)/b4-3-,14-9+. The Hall–Kier alpha value is -2.13. The smallest absolute Gasteiger partial charge is 0.381 e. The second-order valence-corrected chi connectivity index (χ2v) is 8.04. The molecule has 30 heavy (non-hydrogen) atoms. The first-order valence-electron chi connectivity index (χ1n) is 10.2. The van der Waals surface area contributed by atoms with E-state index in [1.807, 2.05) is 0 Å². The molecule has 2 amide bonds. The van der Waals surface area contributed by atoms with E-state index < -0.39 is 17.7 Å². The van der Waals surface area contributed by atoms with Crippen LogP contribution in [-0.4, -0.2) is 61.8 Å². The lowest BCUT2D eigenvalue weighted by Gasteiger charge is -2.32. The summed E-state index contributed by atoms with van der Waals surface area (Å²) in [6.07, 6.45) is 1.08. The zero-order chi connectivity index (χ0) is 21.9. The molecule has 0 aromatic heterocycles. The molecule has 1 aliphatic carbocycles. The number of carbonyl (C=O) groups is 2. The number of allylic oxidation sites excluding steroid dienone is 4. The van der Waals surface area contributed by atoms with E-state index in [9.17, 15) is 22.8 Å². The van der Waals surface area contributed by atoms with Gasteiger partial charge in [-0.2, -0.15) is 13.2 Å². The monoisotopic (exact) mass is 427 g/mol. The molecule has 0 radical (unpaired) electrons. The third-order valence-electron chi connectivity index (χ3n) is 5.98. The van der Waals surface area contributed by atoms with Crippen molar-refractivity contribution in [1.29, 1.82) is 0 Å². The van der Waals surface area contributed by atoms with Crippen LogP contribution in [0.1, 0.15) is 19.8 Å². The van der Waals surface area contributed by atoms with Crippen LogP contribution in [0.15, 0.2) is 36.1 Å². The molecule has 6 nitrogen and oxygen atoms in total. The van der Waals surface area contributed by atoms with Crippen LogP contribution in [-0.2, 0) is 14.3 Å². The molecule has 2 aliphatic heterocycles. The van der Waals surface area contributed by atoms with Crippen LogP contribution in [0.4, 0.5) is 13.2 Å². The molecule has 0 spiro atoms. The molecule has 2 saturated heterocycles. The summed E-state index contributed by atoms with van der Waals surface area (Å²) in [4.78, 5) is 26.9. The zero-order valence-corrected chi connectivity index (χ0v) is 17.0. The van der Waals surface area contributed by atoms with Crippen LogP contribution in [0.3, 0.4) is 0 Å². The van der Waals surface area contributed by atoms with Gasteiger partial charge in [-0.15, -0.1) is 0 Å². The summed E-state index contributed by atoms with van der Waals surface area (Å²) in [7, 11) is 0. The maximum atomic E-state index is 12.6. The van der Waals surface area contributed by atoms with E-state index in [0.717, 1.165) is 45.2 Å². The summed E-state index contributed by atoms with van der Waals surface area (Å²) in [6.45, 7) is 7.67. The molecule has 0 aromatic carbocycles. The summed E-state index contributed by atoms with van der Waals surface area (Å²) < 4.78 is 43.3. The molecule has 3 rings (SSSR count). The number of hydrogen-bond donors (Lipinski definition) is 2. The lowest BCUT2D eigenvalue weighted by Crippen LogP contribution is -2.42. The predicted molar refractivity (Wildman–Crippen MR) is 105 cm³/mol. The Labute approximate surface area is 174 Å². The number of likely N-dealkylation sites (tertiary alicyclic amines) is 1. The molecule has 166 valence electrons. The molecule has 0 aromatic rings. The van der Waals surface area contributed by atoms with Crippen molar-refractivity contribution in [2.45, 2.75) is 32.0 Å². The van der Waals surface area contributed by atoms with E-state index in [1.54, 1.807) is 6.92 Å². The van der Waals surface area contributed by atoms with E-state index >= 15 is 0 Å². The van der Waals surface area contributed by atoms with Crippen molar-refractivity contribution in [3.63, 3.8) is 0 Å². The Morgan fingerprint density at radius 1 is 1.20 bits per heavy atom. The van der Waals surface area contributed by atoms with Gasteiger partial charge in [0.15, 0.2) is 0 Å². The van der Waals surface area contributed by atoms with Gasteiger partial charge in [0.25, 0.3) is 0 Å². The summed E-state index contributed by atoms with van der Waals surface area (Å²) in [6, 6.07) is 0.532. The normalized spacial score (nSPS) is 27.7. The molecule has 3 aliphatic rings.